The smallest absolute Gasteiger partial charge is 0.341 e. The molecule has 9 heteroatoms. The van der Waals surface area contributed by atoms with Crippen molar-refractivity contribution in [2.24, 2.45) is 0 Å². The molecule has 23 heavy (non-hydrogen) atoms. The number of nitrogens with one attached hydrogen (secondary N) is 2. The van der Waals surface area contributed by atoms with E-state index >= 15 is 0 Å². The maximum atomic E-state index is 11.5. The highest BCUT2D eigenvalue weighted by atomic mass is 16.6. The van der Waals surface area contributed by atoms with Crippen LogP contribution >= 0.6 is 0 Å². The summed E-state index contributed by atoms with van der Waals surface area (Å²) < 4.78 is 0. The summed E-state index contributed by atoms with van der Waals surface area (Å²) in [6.07, 6.45) is -0.483. The number of hydrogen-bond acceptors (Lipinski definition) is 5. The zero-order valence-corrected chi connectivity index (χ0v) is 12.5. The van der Waals surface area contributed by atoms with E-state index in [1.165, 1.54) is 31.4 Å². The van der Waals surface area contributed by atoms with Crippen LogP contribution < -0.4 is 10.8 Å². The minimum absolute atomic E-state index is 0.242. The zero-order valence-electron chi connectivity index (χ0n) is 12.5. The number of rotatable bonds is 7. The number of carboxylic acid groups (broad SMARTS) is 2. The van der Waals surface area contributed by atoms with Crippen LogP contribution in [0.15, 0.2) is 24.3 Å². The first-order valence-electron chi connectivity index (χ1n) is 6.40. The molecule has 0 radical (unpaired) electrons. The number of benzene rings is 1. The molecule has 0 aliphatic heterocycles. The predicted molar refractivity (Wildman–Crippen MR) is 76.4 cm³/mol. The summed E-state index contributed by atoms with van der Waals surface area (Å²) in [7, 11) is 1.27. The van der Waals surface area contributed by atoms with Gasteiger partial charge in [0.15, 0.2) is 0 Å². The Morgan fingerprint density at radius 1 is 1.09 bits per heavy atom. The Labute approximate surface area is 131 Å². The second kappa shape index (κ2) is 7.36. The van der Waals surface area contributed by atoms with Crippen molar-refractivity contribution >= 4 is 23.8 Å². The average Bonchev–Trinajstić information content (AvgIpc) is 2.46. The SMILES string of the molecule is CONC(=O)c1ccc(CC(NC(C)=O)(C(=O)O)C(=O)O)cc1. The number of carbonyl (C=O) groups excluding carboxylic acids is 2. The highest BCUT2D eigenvalue weighted by molar-refractivity contribution is 6.06. The molecule has 1 aromatic rings. The van der Waals surface area contributed by atoms with Gasteiger partial charge in [-0.1, -0.05) is 12.1 Å². The summed E-state index contributed by atoms with van der Waals surface area (Å²) in [6.45, 7) is 1.03. The van der Waals surface area contributed by atoms with E-state index in [9.17, 15) is 29.4 Å². The number of amides is 2. The molecule has 2 amide bonds. The van der Waals surface area contributed by atoms with Crippen molar-refractivity contribution in [2.45, 2.75) is 18.9 Å². The number of hydrogen-bond donors (Lipinski definition) is 4. The summed E-state index contributed by atoms with van der Waals surface area (Å²) in [5.41, 5.74) is 0.183. The molecule has 1 aromatic carbocycles. The van der Waals surface area contributed by atoms with E-state index in [4.69, 9.17) is 0 Å². The minimum Gasteiger partial charge on any atom is -0.479 e. The van der Waals surface area contributed by atoms with Gasteiger partial charge >= 0.3 is 11.9 Å². The van der Waals surface area contributed by atoms with Crippen molar-refractivity contribution < 1.29 is 34.2 Å². The monoisotopic (exact) mass is 324 g/mol. The lowest BCUT2D eigenvalue weighted by molar-refractivity contribution is -0.161. The molecule has 0 saturated carbocycles. The van der Waals surface area contributed by atoms with E-state index in [0.717, 1.165) is 6.92 Å². The number of carbonyl (C=O) groups is 4. The first-order chi connectivity index (χ1) is 10.7. The van der Waals surface area contributed by atoms with E-state index in [2.05, 4.69) is 10.3 Å². The molecule has 0 aliphatic carbocycles. The molecule has 0 heterocycles. The Morgan fingerprint density at radius 3 is 2.00 bits per heavy atom. The zero-order chi connectivity index (χ0) is 17.6. The van der Waals surface area contributed by atoms with Crippen LogP contribution in [0.5, 0.6) is 0 Å². The van der Waals surface area contributed by atoms with Crippen molar-refractivity contribution in [3.8, 4) is 0 Å². The van der Waals surface area contributed by atoms with E-state index < -0.39 is 35.7 Å². The van der Waals surface area contributed by atoms with Crippen LogP contribution in [-0.4, -0.2) is 46.6 Å². The normalized spacial score (nSPS) is 10.7. The lowest BCUT2D eigenvalue weighted by Crippen LogP contribution is -2.61. The summed E-state index contributed by atoms with van der Waals surface area (Å²) >= 11 is 0. The summed E-state index contributed by atoms with van der Waals surface area (Å²) in [6, 6.07) is 5.55. The minimum atomic E-state index is -2.48. The van der Waals surface area contributed by atoms with Gasteiger partial charge in [-0.15, -0.1) is 0 Å². The van der Waals surface area contributed by atoms with Crippen molar-refractivity contribution in [3.63, 3.8) is 0 Å². The Hall–Kier alpha value is -2.94. The number of carboxylic acids is 2. The first-order valence-corrected chi connectivity index (χ1v) is 6.40. The third kappa shape index (κ3) is 4.27. The van der Waals surface area contributed by atoms with Gasteiger partial charge in [0.25, 0.3) is 5.91 Å². The molecular formula is C14H16N2O7. The molecule has 124 valence electrons. The first kappa shape index (κ1) is 18.1. The van der Waals surface area contributed by atoms with Crippen LogP contribution in [0.1, 0.15) is 22.8 Å². The van der Waals surface area contributed by atoms with Crippen molar-refractivity contribution in [2.75, 3.05) is 7.11 Å². The molecule has 0 spiro atoms. The van der Waals surface area contributed by atoms with Gasteiger partial charge in [0, 0.05) is 18.9 Å². The van der Waals surface area contributed by atoms with Gasteiger partial charge in [0.2, 0.25) is 11.4 Å². The topological polar surface area (TPSA) is 142 Å². The highest BCUT2D eigenvalue weighted by Gasteiger charge is 2.47. The van der Waals surface area contributed by atoms with Crippen LogP contribution in [0.25, 0.3) is 0 Å². The fourth-order valence-electron chi connectivity index (χ4n) is 1.93. The highest BCUT2D eigenvalue weighted by Crippen LogP contribution is 2.16. The van der Waals surface area contributed by atoms with Crippen LogP contribution in [-0.2, 0) is 25.6 Å². The van der Waals surface area contributed by atoms with E-state index in [-0.39, 0.29) is 5.56 Å². The number of hydroxylamine groups is 1. The third-order valence-electron chi connectivity index (χ3n) is 3.00. The molecular weight excluding hydrogens is 308 g/mol. The van der Waals surface area contributed by atoms with Crippen LogP contribution in [0.3, 0.4) is 0 Å². The lowest BCUT2D eigenvalue weighted by Gasteiger charge is -2.25. The van der Waals surface area contributed by atoms with E-state index in [1.54, 1.807) is 0 Å². The van der Waals surface area contributed by atoms with Crippen LogP contribution in [0, 0.1) is 0 Å². The van der Waals surface area contributed by atoms with Gasteiger partial charge in [-0.2, -0.15) is 0 Å². The molecule has 4 N–H and O–H groups in total. The second-order valence-corrected chi connectivity index (χ2v) is 4.71. The molecule has 0 fully saturated rings. The van der Waals surface area contributed by atoms with Gasteiger partial charge in [-0.05, 0) is 17.7 Å². The number of aliphatic carboxylic acids is 2. The Morgan fingerprint density at radius 2 is 1.61 bits per heavy atom. The molecule has 9 nitrogen and oxygen atoms in total. The van der Waals surface area contributed by atoms with Crippen LogP contribution in [0.2, 0.25) is 0 Å². The van der Waals surface area contributed by atoms with Crippen molar-refractivity contribution in [1.82, 2.24) is 10.8 Å². The molecule has 1 rings (SSSR count). The van der Waals surface area contributed by atoms with Crippen LogP contribution in [0.4, 0.5) is 0 Å². The summed E-state index contributed by atoms with van der Waals surface area (Å²) in [5.74, 6) is -4.68. The Bertz CT molecular complexity index is 611. The molecule has 0 atom stereocenters. The van der Waals surface area contributed by atoms with E-state index in [1.807, 2.05) is 5.32 Å². The molecule has 0 bridgehead atoms. The lowest BCUT2D eigenvalue weighted by atomic mass is 9.90. The second-order valence-electron chi connectivity index (χ2n) is 4.71. The third-order valence-corrected chi connectivity index (χ3v) is 3.00. The predicted octanol–water partition coefficient (Wildman–Crippen LogP) is -0.436. The van der Waals surface area contributed by atoms with Gasteiger partial charge in [-0.3, -0.25) is 14.4 Å². The van der Waals surface area contributed by atoms with Crippen molar-refractivity contribution in [1.29, 1.82) is 0 Å². The van der Waals surface area contributed by atoms with Gasteiger partial charge < -0.3 is 15.5 Å². The fraction of sp³-hybridized carbons (Fsp3) is 0.286. The molecule has 0 saturated heterocycles. The summed E-state index contributed by atoms with van der Waals surface area (Å²) in [5, 5.41) is 20.4. The summed E-state index contributed by atoms with van der Waals surface area (Å²) in [4.78, 5) is 49.9. The van der Waals surface area contributed by atoms with Gasteiger partial charge in [0.1, 0.15) is 0 Å². The molecule has 0 aromatic heterocycles. The molecule has 0 unspecified atom stereocenters. The quantitative estimate of drug-likeness (QED) is 0.393. The Balaban J connectivity index is 3.09. The average molecular weight is 324 g/mol. The van der Waals surface area contributed by atoms with Gasteiger partial charge in [-0.25, -0.2) is 15.1 Å². The maximum Gasteiger partial charge on any atom is 0.341 e. The van der Waals surface area contributed by atoms with Crippen molar-refractivity contribution in [3.05, 3.63) is 35.4 Å². The van der Waals surface area contributed by atoms with Gasteiger partial charge in [0.05, 0.1) is 7.11 Å². The fourth-order valence-corrected chi connectivity index (χ4v) is 1.93. The van der Waals surface area contributed by atoms with E-state index in [0.29, 0.717) is 5.56 Å². The standard InChI is InChI=1S/C14H16N2O7/c1-8(17)15-14(12(19)20,13(21)22)7-9-3-5-10(6-4-9)11(18)16-23-2/h3-6H,7H2,1-2H3,(H,15,17)(H,16,18)(H,19,20)(H,21,22). The largest absolute Gasteiger partial charge is 0.479 e. The molecule has 0 aliphatic rings. The Kier molecular flexibility index (Phi) is 5.80. The maximum absolute atomic E-state index is 11.5.